The Labute approximate surface area is 183 Å². The Balaban J connectivity index is 1.21. The minimum atomic E-state index is 0.0537. The Morgan fingerprint density at radius 1 is 1.13 bits per heavy atom. The SMILES string of the molecule is COc1ccc(N2CCC(NC(=O)CCc3ncc(-c4ccc(C)cc4)o3)CC2)cc1. The van der Waals surface area contributed by atoms with Crippen LogP contribution in [0.1, 0.15) is 30.7 Å². The van der Waals surface area contributed by atoms with Gasteiger partial charge in [0.05, 0.1) is 13.3 Å². The number of hydrogen-bond donors (Lipinski definition) is 1. The zero-order valence-electron chi connectivity index (χ0n) is 18.1. The number of amides is 1. The summed E-state index contributed by atoms with van der Waals surface area (Å²) >= 11 is 0. The van der Waals surface area contributed by atoms with Crippen LogP contribution in [0.15, 0.2) is 59.1 Å². The molecular formula is C25H29N3O3. The fraction of sp³-hybridized carbons (Fsp3) is 0.360. The van der Waals surface area contributed by atoms with E-state index in [1.54, 1.807) is 13.3 Å². The summed E-state index contributed by atoms with van der Waals surface area (Å²) in [6.45, 7) is 3.91. The standard InChI is InChI=1S/C25H29N3O3/c1-18-3-5-19(6-4-18)23-17-26-25(31-23)12-11-24(29)27-20-13-15-28(16-14-20)21-7-9-22(30-2)10-8-21/h3-10,17,20H,11-16H2,1-2H3,(H,27,29). The van der Waals surface area contributed by atoms with Crippen molar-refractivity contribution < 1.29 is 13.9 Å². The van der Waals surface area contributed by atoms with Gasteiger partial charge in [0, 0.05) is 43.2 Å². The van der Waals surface area contributed by atoms with Crippen LogP contribution < -0.4 is 15.0 Å². The molecule has 162 valence electrons. The van der Waals surface area contributed by atoms with Crippen LogP contribution in [0.2, 0.25) is 0 Å². The van der Waals surface area contributed by atoms with Crippen LogP contribution in [-0.4, -0.2) is 37.1 Å². The van der Waals surface area contributed by atoms with E-state index in [4.69, 9.17) is 9.15 Å². The number of aryl methyl sites for hydroxylation is 2. The van der Waals surface area contributed by atoms with Gasteiger partial charge in [-0.05, 0) is 44.0 Å². The van der Waals surface area contributed by atoms with Gasteiger partial charge in [0.25, 0.3) is 0 Å². The largest absolute Gasteiger partial charge is 0.497 e. The molecule has 1 fully saturated rings. The van der Waals surface area contributed by atoms with Crippen LogP contribution in [0.25, 0.3) is 11.3 Å². The minimum Gasteiger partial charge on any atom is -0.497 e. The molecule has 6 heteroatoms. The molecule has 0 radical (unpaired) electrons. The predicted octanol–water partition coefficient (Wildman–Crippen LogP) is 4.38. The lowest BCUT2D eigenvalue weighted by molar-refractivity contribution is -0.122. The Morgan fingerprint density at radius 3 is 2.52 bits per heavy atom. The van der Waals surface area contributed by atoms with Crippen molar-refractivity contribution in [2.45, 2.75) is 38.6 Å². The molecule has 0 aliphatic carbocycles. The molecule has 0 saturated carbocycles. The second-order valence-electron chi connectivity index (χ2n) is 8.01. The zero-order chi connectivity index (χ0) is 21.6. The third-order valence-electron chi connectivity index (χ3n) is 5.75. The van der Waals surface area contributed by atoms with Gasteiger partial charge in [-0.15, -0.1) is 0 Å². The van der Waals surface area contributed by atoms with Crippen molar-refractivity contribution in [2.24, 2.45) is 0 Å². The van der Waals surface area contributed by atoms with Crippen LogP contribution >= 0.6 is 0 Å². The molecular weight excluding hydrogens is 390 g/mol. The van der Waals surface area contributed by atoms with Crippen molar-refractivity contribution >= 4 is 11.6 Å². The Bertz CT molecular complexity index is 988. The van der Waals surface area contributed by atoms with Gasteiger partial charge in [0.1, 0.15) is 5.75 Å². The summed E-state index contributed by atoms with van der Waals surface area (Å²) in [4.78, 5) is 19.1. The summed E-state index contributed by atoms with van der Waals surface area (Å²) in [6, 6.07) is 16.5. The molecule has 0 spiro atoms. The maximum atomic E-state index is 12.4. The first kappa shape index (κ1) is 21.0. The van der Waals surface area contributed by atoms with E-state index in [-0.39, 0.29) is 11.9 Å². The summed E-state index contributed by atoms with van der Waals surface area (Å²) in [5.74, 6) is 2.25. The van der Waals surface area contributed by atoms with Gasteiger partial charge in [-0.25, -0.2) is 4.98 Å². The van der Waals surface area contributed by atoms with E-state index in [0.29, 0.717) is 18.7 Å². The van der Waals surface area contributed by atoms with Crippen molar-refractivity contribution in [1.29, 1.82) is 0 Å². The first-order valence-electron chi connectivity index (χ1n) is 10.8. The average molecular weight is 420 g/mol. The number of nitrogens with one attached hydrogen (secondary N) is 1. The van der Waals surface area contributed by atoms with Gasteiger partial charge in [-0.3, -0.25) is 4.79 Å². The van der Waals surface area contributed by atoms with Gasteiger partial charge < -0.3 is 19.4 Å². The number of methoxy groups -OCH3 is 1. The molecule has 2 heterocycles. The van der Waals surface area contributed by atoms with Crippen molar-refractivity contribution in [3.63, 3.8) is 0 Å². The van der Waals surface area contributed by atoms with E-state index >= 15 is 0 Å². The number of ether oxygens (including phenoxy) is 1. The molecule has 1 saturated heterocycles. The quantitative estimate of drug-likeness (QED) is 0.616. The zero-order valence-corrected chi connectivity index (χ0v) is 18.1. The first-order valence-corrected chi connectivity index (χ1v) is 10.8. The Morgan fingerprint density at radius 2 is 1.84 bits per heavy atom. The molecule has 1 amide bonds. The fourth-order valence-electron chi connectivity index (χ4n) is 3.87. The summed E-state index contributed by atoms with van der Waals surface area (Å²) in [5, 5.41) is 3.17. The third-order valence-corrected chi connectivity index (χ3v) is 5.75. The molecule has 0 atom stereocenters. The topological polar surface area (TPSA) is 67.6 Å². The lowest BCUT2D eigenvalue weighted by atomic mass is 10.0. The first-order chi connectivity index (χ1) is 15.1. The van der Waals surface area contributed by atoms with E-state index in [9.17, 15) is 4.79 Å². The number of rotatable bonds is 7. The lowest BCUT2D eigenvalue weighted by Crippen LogP contribution is -2.44. The monoisotopic (exact) mass is 419 g/mol. The van der Waals surface area contributed by atoms with Gasteiger partial charge >= 0.3 is 0 Å². The van der Waals surface area contributed by atoms with Gasteiger partial charge in [-0.1, -0.05) is 29.8 Å². The molecule has 4 rings (SSSR count). The van der Waals surface area contributed by atoms with Crippen LogP contribution in [0.3, 0.4) is 0 Å². The second kappa shape index (κ2) is 9.69. The molecule has 1 aliphatic heterocycles. The molecule has 0 bridgehead atoms. The Hall–Kier alpha value is -3.28. The molecule has 2 aromatic carbocycles. The van der Waals surface area contributed by atoms with E-state index in [1.807, 2.05) is 36.4 Å². The average Bonchev–Trinajstić information content (AvgIpc) is 3.28. The van der Waals surface area contributed by atoms with Crippen molar-refractivity contribution in [1.82, 2.24) is 10.3 Å². The number of carbonyl (C=O) groups excluding carboxylic acids is 1. The highest BCUT2D eigenvalue weighted by Crippen LogP contribution is 2.23. The number of nitrogens with zero attached hydrogens (tertiary/aromatic N) is 2. The predicted molar refractivity (Wildman–Crippen MR) is 121 cm³/mol. The van der Waals surface area contributed by atoms with Crippen molar-refractivity contribution in [3.8, 4) is 17.1 Å². The van der Waals surface area contributed by atoms with Crippen LogP contribution in [0.4, 0.5) is 5.69 Å². The smallest absolute Gasteiger partial charge is 0.220 e. The maximum absolute atomic E-state index is 12.4. The van der Waals surface area contributed by atoms with Gasteiger partial charge in [0.15, 0.2) is 11.7 Å². The summed E-state index contributed by atoms with van der Waals surface area (Å²) in [5.41, 5.74) is 3.39. The molecule has 0 unspecified atom stereocenters. The number of piperidine rings is 1. The van der Waals surface area contributed by atoms with E-state index in [1.165, 1.54) is 11.3 Å². The summed E-state index contributed by atoms with van der Waals surface area (Å²) in [6.07, 6.45) is 4.49. The van der Waals surface area contributed by atoms with Crippen LogP contribution in [0.5, 0.6) is 5.75 Å². The Kier molecular flexibility index (Phi) is 6.55. The van der Waals surface area contributed by atoms with Crippen LogP contribution in [-0.2, 0) is 11.2 Å². The van der Waals surface area contributed by atoms with E-state index in [2.05, 4.69) is 34.3 Å². The number of oxazole rings is 1. The molecule has 3 aromatic rings. The molecule has 1 aliphatic rings. The third kappa shape index (κ3) is 5.45. The summed E-state index contributed by atoms with van der Waals surface area (Å²) < 4.78 is 11.0. The number of aromatic nitrogens is 1. The van der Waals surface area contributed by atoms with E-state index in [0.717, 1.165) is 43.0 Å². The second-order valence-corrected chi connectivity index (χ2v) is 8.01. The van der Waals surface area contributed by atoms with Crippen LogP contribution in [0, 0.1) is 6.92 Å². The normalized spacial score (nSPS) is 14.5. The minimum absolute atomic E-state index is 0.0537. The number of hydrogen-bond acceptors (Lipinski definition) is 5. The highest BCUT2D eigenvalue weighted by molar-refractivity contribution is 5.76. The molecule has 1 N–H and O–H groups in total. The lowest BCUT2D eigenvalue weighted by Gasteiger charge is -2.34. The summed E-state index contributed by atoms with van der Waals surface area (Å²) in [7, 11) is 1.67. The number of carbonyl (C=O) groups is 1. The van der Waals surface area contributed by atoms with Gasteiger partial charge in [-0.2, -0.15) is 0 Å². The number of anilines is 1. The number of benzene rings is 2. The molecule has 1 aromatic heterocycles. The van der Waals surface area contributed by atoms with E-state index < -0.39 is 0 Å². The van der Waals surface area contributed by atoms with Gasteiger partial charge in [0.2, 0.25) is 5.91 Å². The maximum Gasteiger partial charge on any atom is 0.220 e. The fourth-order valence-corrected chi connectivity index (χ4v) is 3.87. The highest BCUT2D eigenvalue weighted by atomic mass is 16.5. The highest BCUT2D eigenvalue weighted by Gasteiger charge is 2.21. The molecule has 6 nitrogen and oxygen atoms in total. The molecule has 31 heavy (non-hydrogen) atoms. The van der Waals surface area contributed by atoms with Crippen molar-refractivity contribution in [2.75, 3.05) is 25.1 Å². The van der Waals surface area contributed by atoms with Crippen molar-refractivity contribution in [3.05, 3.63) is 66.2 Å².